The van der Waals surface area contributed by atoms with Crippen molar-refractivity contribution in [2.45, 2.75) is 0 Å². The van der Waals surface area contributed by atoms with E-state index in [1.54, 1.807) is 13.3 Å². The van der Waals surface area contributed by atoms with Gasteiger partial charge in [0.15, 0.2) is 0 Å². The van der Waals surface area contributed by atoms with Gasteiger partial charge in [-0.1, -0.05) is 11.4 Å². The van der Waals surface area contributed by atoms with E-state index in [-0.39, 0.29) is 11.7 Å². The summed E-state index contributed by atoms with van der Waals surface area (Å²) in [5.41, 5.74) is 0. The molecule has 0 spiro atoms. The highest BCUT2D eigenvalue weighted by molar-refractivity contribution is 8.89. The number of carbonyl (C=O) groups excluding carboxylic acids is 1. The summed E-state index contributed by atoms with van der Waals surface area (Å²) >= 11 is 2.18. The SMILES string of the molecule is CNC(=O)CSP(=O)(OC)SC. The molecule has 0 radical (unpaired) electrons. The molecule has 0 aliphatic heterocycles. The highest BCUT2D eigenvalue weighted by atomic mass is 33.1. The Labute approximate surface area is 80.1 Å². The summed E-state index contributed by atoms with van der Waals surface area (Å²) in [5, 5.41) is 2.44. The molecular weight excluding hydrogens is 217 g/mol. The van der Waals surface area contributed by atoms with E-state index in [2.05, 4.69) is 5.32 Å². The average Bonchev–Trinajstić information content (AvgIpc) is 2.13. The van der Waals surface area contributed by atoms with Gasteiger partial charge in [0.1, 0.15) is 0 Å². The van der Waals surface area contributed by atoms with E-state index in [9.17, 15) is 9.36 Å². The Kier molecular flexibility index (Phi) is 6.09. The van der Waals surface area contributed by atoms with Crippen molar-refractivity contribution in [2.75, 3.05) is 26.2 Å². The summed E-state index contributed by atoms with van der Waals surface area (Å²) in [6.07, 6.45) is 1.70. The van der Waals surface area contributed by atoms with E-state index in [4.69, 9.17) is 4.52 Å². The van der Waals surface area contributed by atoms with Gasteiger partial charge >= 0.3 is 5.77 Å². The Morgan fingerprint density at radius 2 is 2.25 bits per heavy atom. The van der Waals surface area contributed by atoms with Gasteiger partial charge < -0.3 is 9.84 Å². The first-order valence-corrected chi connectivity index (χ1v) is 8.19. The first-order chi connectivity index (χ1) is 5.58. The molecule has 0 rings (SSSR count). The zero-order chi connectivity index (χ0) is 9.61. The summed E-state index contributed by atoms with van der Waals surface area (Å²) in [6.45, 7) is 0. The quantitative estimate of drug-likeness (QED) is 0.725. The fourth-order valence-electron chi connectivity index (χ4n) is 0.390. The third kappa shape index (κ3) is 4.40. The molecule has 0 heterocycles. The third-order valence-electron chi connectivity index (χ3n) is 1.08. The average molecular weight is 229 g/mol. The van der Waals surface area contributed by atoms with Crippen molar-refractivity contribution in [3.8, 4) is 0 Å². The largest absolute Gasteiger partial charge is 0.358 e. The summed E-state index contributed by atoms with van der Waals surface area (Å²) in [5.74, 6) is -2.65. The molecule has 0 aromatic carbocycles. The zero-order valence-corrected chi connectivity index (χ0v) is 9.72. The van der Waals surface area contributed by atoms with Crippen LogP contribution in [0, 0.1) is 0 Å². The van der Waals surface area contributed by atoms with E-state index in [0.717, 1.165) is 22.8 Å². The molecule has 1 N–H and O–H groups in total. The predicted molar refractivity (Wildman–Crippen MR) is 54.7 cm³/mol. The van der Waals surface area contributed by atoms with E-state index < -0.39 is 5.77 Å². The number of rotatable bonds is 5. The second-order valence-electron chi connectivity index (χ2n) is 1.76. The maximum absolute atomic E-state index is 11.5. The molecule has 0 saturated carbocycles. The van der Waals surface area contributed by atoms with Gasteiger partial charge in [-0.2, -0.15) is 0 Å². The number of amides is 1. The van der Waals surface area contributed by atoms with Gasteiger partial charge in [-0.25, -0.2) is 0 Å². The van der Waals surface area contributed by atoms with Gasteiger partial charge in [-0.15, -0.1) is 0 Å². The molecule has 0 aromatic heterocycles. The van der Waals surface area contributed by atoms with Crippen molar-refractivity contribution in [3.63, 3.8) is 0 Å². The van der Waals surface area contributed by atoms with Crippen molar-refractivity contribution in [1.29, 1.82) is 0 Å². The van der Waals surface area contributed by atoms with E-state index in [1.807, 2.05) is 0 Å². The molecule has 0 saturated heterocycles. The second-order valence-corrected chi connectivity index (χ2v) is 9.38. The first kappa shape index (κ1) is 12.4. The maximum atomic E-state index is 11.5. The van der Waals surface area contributed by atoms with Crippen molar-refractivity contribution >= 4 is 34.4 Å². The minimum Gasteiger partial charge on any atom is -0.358 e. The second kappa shape index (κ2) is 5.91. The Balaban J connectivity index is 3.89. The van der Waals surface area contributed by atoms with Gasteiger partial charge in [0.25, 0.3) is 0 Å². The minimum absolute atomic E-state index is 0.147. The minimum atomic E-state index is -2.68. The lowest BCUT2D eigenvalue weighted by atomic mass is 10.7. The lowest BCUT2D eigenvalue weighted by Crippen LogP contribution is -2.19. The van der Waals surface area contributed by atoms with E-state index >= 15 is 0 Å². The number of hydrogen-bond acceptors (Lipinski definition) is 5. The van der Waals surface area contributed by atoms with Crippen LogP contribution in [-0.2, 0) is 13.9 Å². The molecule has 1 unspecified atom stereocenters. The summed E-state index contributed by atoms with van der Waals surface area (Å²) in [7, 11) is 2.92. The molecule has 0 bridgehead atoms. The van der Waals surface area contributed by atoms with Crippen LogP contribution in [0.3, 0.4) is 0 Å². The predicted octanol–water partition coefficient (Wildman–Crippen LogP) is 1.58. The van der Waals surface area contributed by atoms with E-state index in [1.165, 1.54) is 7.11 Å². The molecule has 0 aliphatic carbocycles. The molecule has 7 heteroatoms. The van der Waals surface area contributed by atoms with Crippen molar-refractivity contribution in [1.82, 2.24) is 5.32 Å². The fraction of sp³-hybridized carbons (Fsp3) is 0.800. The normalized spacial score (nSPS) is 15.2. The maximum Gasteiger partial charge on any atom is 0.313 e. The van der Waals surface area contributed by atoms with Crippen LogP contribution < -0.4 is 5.32 Å². The van der Waals surface area contributed by atoms with Crippen molar-refractivity contribution in [3.05, 3.63) is 0 Å². The molecule has 0 aromatic rings. The number of carbonyl (C=O) groups is 1. The lowest BCUT2D eigenvalue weighted by molar-refractivity contribution is -0.118. The number of nitrogens with one attached hydrogen (secondary N) is 1. The Bertz CT molecular complexity index is 191. The first-order valence-electron chi connectivity index (χ1n) is 3.14. The molecule has 0 aliphatic rings. The molecule has 1 atom stereocenters. The van der Waals surface area contributed by atoms with Gasteiger partial charge in [0.2, 0.25) is 5.91 Å². The van der Waals surface area contributed by atoms with Crippen molar-refractivity contribution < 1.29 is 13.9 Å². The molecule has 1 amide bonds. The van der Waals surface area contributed by atoms with Crippen LogP contribution in [0.1, 0.15) is 0 Å². The van der Waals surface area contributed by atoms with Crippen LogP contribution in [0.5, 0.6) is 0 Å². The molecular formula is C5H12NO3PS2. The van der Waals surface area contributed by atoms with Crippen LogP contribution in [0.4, 0.5) is 0 Å². The highest BCUT2D eigenvalue weighted by Crippen LogP contribution is 2.68. The van der Waals surface area contributed by atoms with Gasteiger partial charge in [0, 0.05) is 14.2 Å². The lowest BCUT2D eigenvalue weighted by Gasteiger charge is -2.10. The fourth-order valence-corrected chi connectivity index (χ4v) is 4.50. The van der Waals surface area contributed by atoms with Crippen LogP contribution in [0.25, 0.3) is 0 Å². The smallest absolute Gasteiger partial charge is 0.313 e. The molecule has 72 valence electrons. The standard InChI is InChI=1S/C5H12NO3PS2/c1-6-5(7)4-12-10(8,9-2)11-3/h4H2,1-3H3,(H,6,7). The monoisotopic (exact) mass is 229 g/mol. The molecule has 12 heavy (non-hydrogen) atoms. The summed E-state index contributed by atoms with van der Waals surface area (Å²) < 4.78 is 16.3. The van der Waals surface area contributed by atoms with E-state index in [0.29, 0.717) is 0 Å². The number of hydrogen-bond donors (Lipinski definition) is 1. The summed E-state index contributed by atoms with van der Waals surface area (Å²) in [4.78, 5) is 10.8. The Hall–Kier alpha value is 0.360. The van der Waals surface area contributed by atoms with Crippen LogP contribution in [-0.4, -0.2) is 32.1 Å². The van der Waals surface area contributed by atoms with Gasteiger partial charge in [0.05, 0.1) is 5.75 Å². The molecule has 4 nitrogen and oxygen atoms in total. The third-order valence-corrected chi connectivity index (χ3v) is 8.54. The van der Waals surface area contributed by atoms with Crippen LogP contribution in [0.15, 0.2) is 0 Å². The van der Waals surface area contributed by atoms with Gasteiger partial charge in [-0.05, 0) is 17.6 Å². The summed E-state index contributed by atoms with van der Waals surface area (Å²) in [6, 6.07) is 0. The Morgan fingerprint density at radius 1 is 1.67 bits per heavy atom. The highest BCUT2D eigenvalue weighted by Gasteiger charge is 2.21. The zero-order valence-electron chi connectivity index (χ0n) is 7.20. The topological polar surface area (TPSA) is 55.4 Å². The Morgan fingerprint density at radius 3 is 2.58 bits per heavy atom. The molecule has 0 fully saturated rings. The van der Waals surface area contributed by atoms with Gasteiger partial charge in [-0.3, -0.25) is 9.36 Å². The van der Waals surface area contributed by atoms with Crippen molar-refractivity contribution in [2.24, 2.45) is 0 Å². The van der Waals surface area contributed by atoms with Crippen LogP contribution >= 0.6 is 28.5 Å². The van der Waals surface area contributed by atoms with Crippen LogP contribution in [0.2, 0.25) is 0 Å².